The van der Waals surface area contributed by atoms with Crippen LogP contribution in [-0.4, -0.2) is 37.4 Å². The molecule has 0 spiro atoms. The van der Waals surface area contributed by atoms with Crippen LogP contribution in [0, 0.1) is 5.92 Å². The van der Waals surface area contributed by atoms with E-state index in [-0.39, 0.29) is 0 Å². The maximum atomic E-state index is 6.09. The number of hydrogen-bond donors (Lipinski definition) is 0. The fourth-order valence-corrected chi connectivity index (χ4v) is 4.59. The molecule has 4 rings (SSSR count). The molecule has 0 unspecified atom stereocenters. The Kier molecular flexibility index (Phi) is 4.47. The van der Waals surface area contributed by atoms with Crippen molar-refractivity contribution in [3.05, 3.63) is 10.0 Å². The molecule has 3 heterocycles. The quantitative estimate of drug-likeness (QED) is 0.749. The largest absolute Gasteiger partial charge is 0.341 e. The highest BCUT2D eigenvalue weighted by Crippen LogP contribution is 2.42. The molecule has 124 valence electrons. The molecule has 2 fully saturated rings. The highest BCUT2D eigenvalue weighted by molar-refractivity contribution is 7.98. The Morgan fingerprint density at radius 1 is 1.17 bits per heavy atom. The molecular weight excluding hydrogens is 352 g/mol. The molecule has 0 aromatic carbocycles. The van der Waals surface area contributed by atoms with Crippen LogP contribution in [0.15, 0.2) is 5.16 Å². The van der Waals surface area contributed by atoms with E-state index >= 15 is 0 Å². The molecule has 1 aliphatic carbocycles. The third-order valence-corrected chi connectivity index (χ3v) is 6.41. The average molecular weight is 371 g/mol. The fourth-order valence-electron chi connectivity index (χ4n) is 2.86. The number of hydrogen-bond acceptors (Lipinski definition) is 7. The SMILES string of the molecule is CC1CCN(c2nnc(SCc3nnsc3Cl)n2C2CC2)CC1. The molecule has 6 nitrogen and oxygen atoms in total. The molecule has 2 aromatic heterocycles. The Morgan fingerprint density at radius 3 is 2.61 bits per heavy atom. The van der Waals surface area contributed by atoms with Gasteiger partial charge in [0.25, 0.3) is 0 Å². The van der Waals surface area contributed by atoms with Gasteiger partial charge in [0.05, 0.1) is 0 Å². The molecule has 23 heavy (non-hydrogen) atoms. The minimum Gasteiger partial charge on any atom is -0.341 e. The molecule has 1 aliphatic heterocycles. The van der Waals surface area contributed by atoms with Gasteiger partial charge in [0.15, 0.2) is 5.16 Å². The van der Waals surface area contributed by atoms with Gasteiger partial charge < -0.3 is 4.90 Å². The van der Waals surface area contributed by atoms with Gasteiger partial charge in [-0.3, -0.25) is 4.57 Å². The number of aromatic nitrogens is 5. The maximum absolute atomic E-state index is 6.09. The first-order valence-electron chi connectivity index (χ1n) is 8.01. The van der Waals surface area contributed by atoms with Gasteiger partial charge >= 0.3 is 0 Å². The van der Waals surface area contributed by atoms with E-state index in [1.165, 1.54) is 37.2 Å². The summed E-state index contributed by atoms with van der Waals surface area (Å²) in [4.78, 5) is 2.40. The van der Waals surface area contributed by atoms with Crippen LogP contribution in [0.5, 0.6) is 0 Å². The van der Waals surface area contributed by atoms with Gasteiger partial charge in [0.2, 0.25) is 5.95 Å². The van der Waals surface area contributed by atoms with E-state index in [1.807, 2.05) is 0 Å². The van der Waals surface area contributed by atoms with Crippen molar-refractivity contribution in [1.29, 1.82) is 0 Å². The van der Waals surface area contributed by atoms with E-state index in [2.05, 4.69) is 36.2 Å². The van der Waals surface area contributed by atoms with Gasteiger partial charge in [-0.2, -0.15) is 0 Å². The molecule has 1 saturated heterocycles. The topological polar surface area (TPSA) is 59.7 Å². The zero-order valence-corrected chi connectivity index (χ0v) is 15.4. The van der Waals surface area contributed by atoms with Gasteiger partial charge in [-0.25, -0.2) is 0 Å². The third-order valence-electron chi connectivity index (χ3n) is 4.47. The van der Waals surface area contributed by atoms with E-state index in [4.69, 9.17) is 11.6 Å². The van der Waals surface area contributed by atoms with Crippen LogP contribution in [0.1, 0.15) is 44.3 Å². The molecule has 2 aromatic rings. The van der Waals surface area contributed by atoms with Crippen molar-refractivity contribution < 1.29 is 0 Å². The third kappa shape index (κ3) is 3.34. The summed E-state index contributed by atoms with van der Waals surface area (Å²) < 4.78 is 6.88. The molecule has 0 atom stereocenters. The van der Waals surface area contributed by atoms with Crippen molar-refractivity contribution in [2.45, 2.75) is 49.6 Å². The van der Waals surface area contributed by atoms with Crippen LogP contribution < -0.4 is 4.90 Å². The van der Waals surface area contributed by atoms with Crippen molar-refractivity contribution in [3.63, 3.8) is 0 Å². The Bertz CT molecular complexity index is 675. The summed E-state index contributed by atoms with van der Waals surface area (Å²) in [7, 11) is 0. The predicted molar refractivity (Wildman–Crippen MR) is 93.4 cm³/mol. The molecule has 0 bridgehead atoms. The Balaban J connectivity index is 1.52. The van der Waals surface area contributed by atoms with Crippen LogP contribution in [0.4, 0.5) is 5.95 Å². The first-order chi connectivity index (χ1) is 11.2. The summed E-state index contributed by atoms with van der Waals surface area (Å²) >= 11 is 8.98. The second-order valence-electron chi connectivity index (χ2n) is 6.34. The fraction of sp³-hybridized carbons (Fsp3) is 0.714. The van der Waals surface area contributed by atoms with E-state index < -0.39 is 0 Å². The lowest BCUT2D eigenvalue weighted by molar-refractivity contribution is 0.429. The van der Waals surface area contributed by atoms with Crippen molar-refractivity contribution in [2.75, 3.05) is 18.0 Å². The van der Waals surface area contributed by atoms with Gasteiger partial charge in [0, 0.05) is 36.4 Å². The van der Waals surface area contributed by atoms with E-state index in [1.54, 1.807) is 11.8 Å². The smallest absolute Gasteiger partial charge is 0.228 e. The van der Waals surface area contributed by atoms with Crippen LogP contribution in [0.2, 0.25) is 4.34 Å². The van der Waals surface area contributed by atoms with Crippen molar-refractivity contribution >= 4 is 40.8 Å². The Hall–Kier alpha value is -0.860. The van der Waals surface area contributed by atoms with Crippen LogP contribution in [0.3, 0.4) is 0 Å². The summed E-state index contributed by atoms with van der Waals surface area (Å²) in [5.74, 6) is 2.55. The predicted octanol–water partition coefficient (Wildman–Crippen LogP) is 3.65. The monoisotopic (exact) mass is 370 g/mol. The molecule has 1 saturated carbocycles. The minimum atomic E-state index is 0.561. The first-order valence-corrected chi connectivity index (χ1v) is 10.2. The number of halogens is 1. The summed E-state index contributed by atoms with van der Waals surface area (Å²) in [5, 5.41) is 14.0. The second kappa shape index (κ2) is 6.57. The normalized spacial score (nSPS) is 19.5. The zero-order chi connectivity index (χ0) is 15.8. The summed E-state index contributed by atoms with van der Waals surface area (Å²) in [5.41, 5.74) is 0.834. The highest BCUT2D eigenvalue weighted by atomic mass is 35.5. The molecule has 2 aliphatic rings. The van der Waals surface area contributed by atoms with Gasteiger partial charge in [0.1, 0.15) is 10.0 Å². The Labute approximate surface area is 148 Å². The van der Waals surface area contributed by atoms with E-state index in [0.29, 0.717) is 16.1 Å². The Morgan fingerprint density at radius 2 is 1.96 bits per heavy atom. The van der Waals surface area contributed by atoms with E-state index in [0.717, 1.165) is 35.8 Å². The number of anilines is 1. The minimum absolute atomic E-state index is 0.561. The van der Waals surface area contributed by atoms with Crippen LogP contribution in [0.25, 0.3) is 0 Å². The van der Waals surface area contributed by atoms with Crippen molar-refractivity contribution in [1.82, 2.24) is 24.4 Å². The lowest BCUT2D eigenvalue weighted by Crippen LogP contribution is -2.34. The van der Waals surface area contributed by atoms with Crippen LogP contribution in [-0.2, 0) is 5.75 Å². The highest BCUT2D eigenvalue weighted by Gasteiger charge is 2.32. The molecule has 0 amide bonds. The second-order valence-corrected chi connectivity index (χ2v) is 8.63. The molecular formula is C14H19ClN6S2. The first kappa shape index (κ1) is 15.7. The lowest BCUT2D eigenvalue weighted by Gasteiger charge is -2.31. The standard InChI is InChI=1S/C14H19ClN6S2/c1-9-4-6-20(7-5-9)13-17-18-14(21(13)10-2-3-10)22-8-11-12(15)23-19-16-11/h9-10H,2-8H2,1H3. The molecule has 9 heteroatoms. The summed E-state index contributed by atoms with van der Waals surface area (Å²) in [6.45, 7) is 4.49. The van der Waals surface area contributed by atoms with Gasteiger partial charge in [-0.05, 0) is 31.6 Å². The maximum Gasteiger partial charge on any atom is 0.228 e. The van der Waals surface area contributed by atoms with Crippen molar-refractivity contribution in [2.24, 2.45) is 5.92 Å². The number of thioether (sulfide) groups is 1. The van der Waals surface area contributed by atoms with Crippen LogP contribution >= 0.6 is 34.9 Å². The molecule has 0 radical (unpaired) electrons. The van der Waals surface area contributed by atoms with Crippen molar-refractivity contribution in [3.8, 4) is 0 Å². The number of nitrogens with zero attached hydrogens (tertiary/aromatic N) is 6. The summed E-state index contributed by atoms with van der Waals surface area (Å²) in [6.07, 6.45) is 4.92. The molecule has 0 N–H and O–H groups in total. The lowest BCUT2D eigenvalue weighted by atomic mass is 10.00. The average Bonchev–Trinajstić information content (AvgIpc) is 3.18. The zero-order valence-electron chi connectivity index (χ0n) is 13.0. The van der Waals surface area contributed by atoms with Gasteiger partial charge in [-0.15, -0.1) is 15.3 Å². The van der Waals surface area contributed by atoms with E-state index in [9.17, 15) is 0 Å². The van der Waals surface area contributed by atoms with Gasteiger partial charge in [-0.1, -0.05) is 34.8 Å². The number of rotatable bonds is 5. The number of piperidine rings is 1. The summed E-state index contributed by atoms with van der Waals surface area (Å²) in [6, 6.07) is 0.561.